The minimum absolute atomic E-state index is 0.0742. The zero-order chi connectivity index (χ0) is 18.2. The molecule has 0 fully saturated rings. The van der Waals surface area contributed by atoms with Crippen molar-refractivity contribution in [2.75, 3.05) is 20.1 Å². The molecule has 9 heteroatoms. The van der Waals surface area contributed by atoms with E-state index >= 15 is 0 Å². The molecule has 0 bridgehead atoms. The predicted molar refractivity (Wildman–Crippen MR) is 99.7 cm³/mol. The maximum Gasteiger partial charge on any atom is 0.317 e. The van der Waals surface area contributed by atoms with Crippen molar-refractivity contribution in [2.24, 2.45) is 0 Å². The highest BCUT2D eigenvalue weighted by Crippen LogP contribution is 2.20. The normalized spacial score (nSPS) is 10.7. The van der Waals surface area contributed by atoms with Gasteiger partial charge in [-0.2, -0.15) is 5.10 Å². The zero-order valence-electron chi connectivity index (χ0n) is 14.6. The lowest BCUT2D eigenvalue weighted by molar-refractivity contribution is 0.207. The molecule has 0 aliphatic rings. The summed E-state index contributed by atoms with van der Waals surface area (Å²) >= 11 is 1.53. The first-order chi connectivity index (χ1) is 12.7. The van der Waals surface area contributed by atoms with E-state index in [9.17, 15) is 4.79 Å². The van der Waals surface area contributed by atoms with E-state index in [1.165, 1.54) is 11.3 Å². The predicted octanol–water partition coefficient (Wildman–Crippen LogP) is 2.07. The topological polar surface area (TPSA) is 88.8 Å². The van der Waals surface area contributed by atoms with E-state index in [0.717, 1.165) is 29.4 Å². The molecule has 0 aliphatic heterocycles. The van der Waals surface area contributed by atoms with Gasteiger partial charge in [-0.3, -0.25) is 14.6 Å². The molecule has 0 unspecified atom stereocenters. The maximum atomic E-state index is 12.1. The Hall–Kier alpha value is -2.81. The molecule has 0 saturated heterocycles. The van der Waals surface area contributed by atoms with Crippen molar-refractivity contribution in [2.45, 2.75) is 19.4 Å². The number of urea groups is 1. The number of hydrogen-bond acceptors (Lipinski definition) is 6. The van der Waals surface area contributed by atoms with Crippen molar-refractivity contribution in [3.8, 4) is 10.7 Å². The number of carbonyl (C=O) groups excluding carboxylic acids is 1. The van der Waals surface area contributed by atoms with Gasteiger partial charge >= 0.3 is 6.03 Å². The van der Waals surface area contributed by atoms with Crippen LogP contribution in [0.3, 0.4) is 0 Å². The van der Waals surface area contributed by atoms with E-state index in [0.29, 0.717) is 19.5 Å². The van der Waals surface area contributed by atoms with Gasteiger partial charge in [0, 0.05) is 63.3 Å². The van der Waals surface area contributed by atoms with Crippen molar-refractivity contribution in [3.63, 3.8) is 0 Å². The summed E-state index contributed by atoms with van der Waals surface area (Å²) in [6.07, 6.45) is 10.2. The van der Waals surface area contributed by atoms with Gasteiger partial charge in [0.15, 0.2) is 0 Å². The number of amides is 2. The van der Waals surface area contributed by atoms with Gasteiger partial charge in [0.1, 0.15) is 10.7 Å². The van der Waals surface area contributed by atoms with Gasteiger partial charge in [-0.25, -0.2) is 9.78 Å². The lowest BCUT2D eigenvalue weighted by atomic mass is 10.3. The molecule has 0 spiro atoms. The number of carbonyl (C=O) groups is 1. The van der Waals surface area contributed by atoms with Gasteiger partial charge in [-0.1, -0.05) is 0 Å². The van der Waals surface area contributed by atoms with Crippen molar-refractivity contribution < 1.29 is 4.79 Å². The summed E-state index contributed by atoms with van der Waals surface area (Å²) in [6, 6.07) is 1.82. The lowest BCUT2D eigenvalue weighted by Gasteiger charge is -2.17. The first kappa shape index (κ1) is 18.0. The van der Waals surface area contributed by atoms with Crippen molar-refractivity contribution in [1.82, 2.24) is 34.9 Å². The van der Waals surface area contributed by atoms with Crippen molar-refractivity contribution in [3.05, 3.63) is 48.1 Å². The number of nitrogens with one attached hydrogen (secondary N) is 1. The van der Waals surface area contributed by atoms with Crippen LogP contribution < -0.4 is 5.32 Å². The van der Waals surface area contributed by atoms with Crippen LogP contribution >= 0.6 is 11.3 Å². The molecule has 1 N–H and O–H groups in total. The van der Waals surface area contributed by atoms with Gasteiger partial charge in [0.25, 0.3) is 0 Å². The molecule has 26 heavy (non-hydrogen) atoms. The van der Waals surface area contributed by atoms with Gasteiger partial charge in [0.2, 0.25) is 0 Å². The van der Waals surface area contributed by atoms with E-state index < -0.39 is 0 Å². The van der Waals surface area contributed by atoms with Gasteiger partial charge in [-0.05, 0) is 12.5 Å². The molecular formula is C17H21N7OS. The number of nitrogens with zero attached hydrogens (tertiary/aromatic N) is 6. The Labute approximate surface area is 155 Å². The summed E-state index contributed by atoms with van der Waals surface area (Å²) in [4.78, 5) is 26.6. The smallest absolute Gasteiger partial charge is 0.317 e. The monoisotopic (exact) mass is 371 g/mol. The number of aryl methyl sites for hydroxylation is 1. The second-order valence-corrected chi connectivity index (χ2v) is 6.62. The van der Waals surface area contributed by atoms with Crippen LogP contribution in [-0.4, -0.2) is 55.8 Å². The van der Waals surface area contributed by atoms with E-state index in [1.807, 2.05) is 22.3 Å². The van der Waals surface area contributed by atoms with Crippen LogP contribution in [0, 0.1) is 0 Å². The standard InChI is InChI=1S/C17H21N7OS/c1-23(9-3-11-24-10-2-5-21-24)17(25)20-6-4-14-13-26-16(22-14)15-12-18-7-8-19-15/h2,5,7-8,10,12-13H,3-4,6,9,11H2,1H3,(H,20,25). The van der Waals surface area contributed by atoms with Gasteiger partial charge in [-0.15, -0.1) is 11.3 Å². The second kappa shape index (κ2) is 9.04. The molecule has 2 amide bonds. The molecule has 136 valence electrons. The first-order valence-corrected chi connectivity index (χ1v) is 9.27. The molecule has 0 aliphatic carbocycles. The highest BCUT2D eigenvalue weighted by atomic mass is 32.1. The number of rotatable bonds is 8. The third-order valence-electron chi connectivity index (χ3n) is 3.78. The van der Waals surface area contributed by atoms with Crippen LogP contribution in [0.4, 0.5) is 4.79 Å². The Balaban J connectivity index is 1.37. The second-order valence-electron chi connectivity index (χ2n) is 5.76. The number of hydrogen-bond donors (Lipinski definition) is 1. The molecule has 3 rings (SSSR count). The molecule has 0 saturated carbocycles. The van der Waals surface area contributed by atoms with Crippen LogP contribution in [0.15, 0.2) is 42.4 Å². The third kappa shape index (κ3) is 5.09. The fourth-order valence-corrected chi connectivity index (χ4v) is 3.20. The molecule has 8 nitrogen and oxygen atoms in total. The highest BCUT2D eigenvalue weighted by Gasteiger charge is 2.09. The average Bonchev–Trinajstić information content (AvgIpc) is 3.34. The average molecular weight is 371 g/mol. The van der Waals surface area contributed by atoms with E-state index in [4.69, 9.17) is 0 Å². The van der Waals surface area contributed by atoms with Crippen LogP contribution in [0.1, 0.15) is 12.1 Å². The molecule has 3 heterocycles. The molecule has 3 aromatic rings. The van der Waals surface area contributed by atoms with E-state index in [2.05, 4.69) is 25.4 Å². The fraction of sp³-hybridized carbons (Fsp3) is 0.353. The first-order valence-electron chi connectivity index (χ1n) is 8.39. The largest absolute Gasteiger partial charge is 0.338 e. The van der Waals surface area contributed by atoms with Crippen molar-refractivity contribution >= 4 is 17.4 Å². The molecule has 0 atom stereocenters. The summed E-state index contributed by atoms with van der Waals surface area (Å²) in [5, 5.41) is 9.91. The fourth-order valence-electron chi connectivity index (χ4n) is 2.39. The minimum atomic E-state index is -0.0742. The Morgan fingerprint density at radius 3 is 3.04 bits per heavy atom. The highest BCUT2D eigenvalue weighted by molar-refractivity contribution is 7.13. The summed E-state index contributed by atoms with van der Waals surface area (Å²) < 4.78 is 1.86. The molecule has 0 aromatic carbocycles. The van der Waals surface area contributed by atoms with E-state index in [-0.39, 0.29) is 6.03 Å². The zero-order valence-corrected chi connectivity index (χ0v) is 15.4. The number of thiazole rings is 1. The Morgan fingerprint density at radius 1 is 1.35 bits per heavy atom. The Kier molecular flexibility index (Phi) is 6.26. The summed E-state index contributed by atoms with van der Waals surface area (Å²) in [5.74, 6) is 0. The number of aromatic nitrogens is 5. The van der Waals surface area contributed by atoms with Crippen molar-refractivity contribution in [1.29, 1.82) is 0 Å². The van der Waals surface area contributed by atoms with Crippen LogP contribution in [0.25, 0.3) is 10.7 Å². The summed E-state index contributed by atoms with van der Waals surface area (Å²) in [7, 11) is 1.80. The van der Waals surface area contributed by atoms with Crippen LogP contribution in [0.5, 0.6) is 0 Å². The summed E-state index contributed by atoms with van der Waals surface area (Å²) in [5.41, 5.74) is 1.71. The minimum Gasteiger partial charge on any atom is -0.338 e. The van der Waals surface area contributed by atoms with E-state index in [1.54, 1.807) is 36.7 Å². The van der Waals surface area contributed by atoms with Gasteiger partial charge < -0.3 is 10.2 Å². The summed E-state index contributed by atoms with van der Waals surface area (Å²) in [6.45, 7) is 2.03. The molecular weight excluding hydrogens is 350 g/mol. The molecule has 0 radical (unpaired) electrons. The lowest BCUT2D eigenvalue weighted by Crippen LogP contribution is -2.39. The Bertz CT molecular complexity index is 804. The maximum absolute atomic E-state index is 12.1. The van der Waals surface area contributed by atoms with Crippen LogP contribution in [-0.2, 0) is 13.0 Å². The quantitative estimate of drug-likeness (QED) is 0.655. The Morgan fingerprint density at radius 2 is 2.27 bits per heavy atom. The van der Waals surface area contributed by atoms with Crippen LogP contribution in [0.2, 0.25) is 0 Å². The van der Waals surface area contributed by atoms with Gasteiger partial charge in [0.05, 0.1) is 11.9 Å². The molecule has 3 aromatic heterocycles. The SMILES string of the molecule is CN(CCCn1cccn1)C(=O)NCCc1csc(-c2cnccn2)n1. The third-order valence-corrected chi connectivity index (χ3v) is 4.69.